The monoisotopic (exact) mass is 280 g/mol. The first-order chi connectivity index (χ1) is 9.56. The number of amides is 1. The van der Waals surface area contributed by atoms with Crippen molar-refractivity contribution in [2.24, 2.45) is 11.8 Å². The number of carbonyl (C=O) groups excluding carboxylic acids is 1. The smallest absolute Gasteiger partial charge is 0.310 e. The normalized spacial score (nSPS) is 37.2. The van der Waals surface area contributed by atoms with Gasteiger partial charge in [-0.15, -0.1) is 0 Å². The van der Waals surface area contributed by atoms with Crippen LogP contribution in [0.5, 0.6) is 0 Å². The van der Waals surface area contributed by atoms with Crippen LogP contribution in [0.25, 0.3) is 0 Å². The zero-order valence-corrected chi connectivity index (χ0v) is 11.5. The molecule has 2 N–H and O–H groups in total. The molecule has 6 heteroatoms. The van der Waals surface area contributed by atoms with Crippen molar-refractivity contribution in [1.82, 2.24) is 10.2 Å². The van der Waals surface area contributed by atoms with E-state index in [1.807, 2.05) is 6.08 Å². The Morgan fingerprint density at radius 2 is 1.80 bits per heavy atom. The molecule has 0 saturated carbocycles. The number of carbonyl (C=O) groups is 2. The molecule has 20 heavy (non-hydrogen) atoms. The molecule has 4 atom stereocenters. The number of aliphatic carboxylic acids is 1. The van der Waals surface area contributed by atoms with Crippen molar-refractivity contribution in [1.29, 1.82) is 0 Å². The number of rotatable bonds is 3. The molecule has 2 fully saturated rings. The Morgan fingerprint density at radius 1 is 1.20 bits per heavy atom. The van der Waals surface area contributed by atoms with Crippen LogP contribution in [0.1, 0.15) is 12.8 Å². The minimum Gasteiger partial charge on any atom is -0.481 e. The van der Waals surface area contributed by atoms with Crippen molar-refractivity contribution in [3.8, 4) is 0 Å². The number of nitrogens with one attached hydrogen (secondary N) is 1. The molecule has 0 aromatic heterocycles. The lowest BCUT2D eigenvalue weighted by molar-refractivity contribution is -0.146. The van der Waals surface area contributed by atoms with Crippen LogP contribution >= 0.6 is 0 Å². The molecular formula is C14H20N2O4. The zero-order valence-electron chi connectivity index (χ0n) is 11.5. The molecule has 0 aromatic carbocycles. The second-order valence-electron chi connectivity index (χ2n) is 5.93. The summed E-state index contributed by atoms with van der Waals surface area (Å²) in [6, 6.07) is 0.149. The first-order valence-corrected chi connectivity index (χ1v) is 7.12. The first kappa shape index (κ1) is 13.6. The summed E-state index contributed by atoms with van der Waals surface area (Å²) in [6.07, 6.45) is 4.55. The second-order valence-corrected chi connectivity index (χ2v) is 5.93. The fraction of sp³-hybridized carbons (Fsp3) is 0.714. The third-order valence-corrected chi connectivity index (χ3v) is 4.55. The summed E-state index contributed by atoms with van der Waals surface area (Å²) in [4.78, 5) is 26.0. The van der Waals surface area contributed by atoms with E-state index < -0.39 is 23.9 Å². The highest BCUT2D eigenvalue weighted by Crippen LogP contribution is 2.39. The van der Waals surface area contributed by atoms with E-state index in [9.17, 15) is 14.7 Å². The number of likely N-dealkylation sites (tertiary alicyclic amines) is 1. The van der Waals surface area contributed by atoms with Gasteiger partial charge in [0, 0.05) is 6.04 Å². The molecule has 3 rings (SSSR count). The van der Waals surface area contributed by atoms with Gasteiger partial charge < -0.3 is 20.1 Å². The van der Waals surface area contributed by atoms with Gasteiger partial charge in [0.25, 0.3) is 0 Å². The van der Waals surface area contributed by atoms with Crippen molar-refractivity contribution >= 4 is 11.9 Å². The molecular weight excluding hydrogens is 260 g/mol. The van der Waals surface area contributed by atoms with Gasteiger partial charge in [0.15, 0.2) is 0 Å². The van der Waals surface area contributed by atoms with Crippen molar-refractivity contribution < 1.29 is 19.4 Å². The first-order valence-electron chi connectivity index (χ1n) is 7.12. The Kier molecular flexibility index (Phi) is 3.52. The molecule has 6 nitrogen and oxygen atoms in total. The highest BCUT2D eigenvalue weighted by Gasteiger charge is 2.53. The van der Waals surface area contributed by atoms with E-state index in [2.05, 4.69) is 17.3 Å². The lowest BCUT2D eigenvalue weighted by Gasteiger charge is -2.31. The number of fused-ring (bicyclic) bond motifs is 2. The van der Waals surface area contributed by atoms with Gasteiger partial charge in [-0.1, -0.05) is 12.2 Å². The Labute approximate surface area is 117 Å². The quantitative estimate of drug-likeness (QED) is 0.703. The predicted octanol–water partition coefficient (Wildman–Crippen LogP) is -0.149. The molecule has 0 aromatic rings. The molecule has 2 bridgehead atoms. The van der Waals surface area contributed by atoms with Gasteiger partial charge >= 0.3 is 5.97 Å². The van der Waals surface area contributed by atoms with Gasteiger partial charge in [0.05, 0.1) is 18.1 Å². The lowest BCUT2D eigenvalue weighted by atomic mass is 9.82. The Bertz CT molecular complexity index is 442. The molecule has 2 saturated heterocycles. The highest BCUT2D eigenvalue weighted by molar-refractivity contribution is 5.87. The van der Waals surface area contributed by atoms with Gasteiger partial charge in [-0.3, -0.25) is 9.59 Å². The van der Waals surface area contributed by atoms with Gasteiger partial charge in [-0.05, 0) is 33.0 Å². The third kappa shape index (κ3) is 2.33. The molecule has 4 unspecified atom stereocenters. The van der Waals surface area contributed by atoms with Gasteiger partial charge in [-0.2, -0.15) is 0 Å². The maximum atomic E-state index is 12.4. The molecule has 3 heterocycles. The Balaban J connectivity index is 1.64. The molecule has 110 valence electrons. The van der Waals surface area contributed by atoms with Gasteiger partial charge in [0.1, 0.15) is 5.92 Å². The van der Waals surface area contributed by atoms with Crippen LogP contribution in [-0.2, 0) is 14.3 Å². The number of ether oxygens (including phenoxy) is 1. The molecule has 3 aliphatic rings. The third-order valence-electron chi connectivity index (χ3n) is 4.55. The molecule has 0 radical (unpaired) electrons. The van der Waals surface area contributed by atoms with Crippen molar-refractivity contribution in [2.45, 2.75) is 31.1 Å². The topological polar surface area (TPSA) is 78.9 Å². The summed E-state index contributed by atoms with van der Waals surface area (Å²) < 4.78 is 5.53. The average molecular weight is 280 g/mol. The Hall–Kier alpha value is -1.40. The van der Waals surface area contributed by atoms with Crippen LogP contribution < -0.4 is 5.32 Å². The molecule has 1 amide bonds. The summed E-state index contributed by atoms with van der Waals surface area (Å²) >= 11 is 0. The summed E-state index contributed by atoms with van der Waals surface area (Å²) in [7, 11) is 2.06. The summed E-state index contributed by atoms with van der Waals surface area (Å²) in [5.74, 6) is -2.48. The van der Waals surface area contributed by atoms with Crippen molar-refractivity contribution in [2.75, 3.05) is 20.1 Å². The van der Waals surface area contributed by atoms with E-state index in [4.69, 9.17) is 4.74 Å². The maximum absolute atomic E-state index is 12.4. The largest absolute Gasteiger partial charge is 0.481 e. The number of hydrogen-bond acceptors (Lipinski definition) is 4. The van der Waals surface area contributed by atoms with Crippen LogP contribution in [0.3, 0.4) is 0 Å². The van der Waals surface area contributed by atoms with Crippen LogP contribution in [-0.4, -0.2) is 60.3 Å². The number of piperidine rings is 1. The number of hydrogen-bond donors (Lipinski definition) is 2. The van der Waals surface area contributed by atoms with Gasteiger partial charge in [-0.25, -0.2) is 0 Å². The fourth-order valence-electron chi connectivity index (χ4n) is 3.37. The summed E-state index contributed by atoms with van der Waals surface area (Å²) in [6.45, 7) is 1.92. The zero-order chi connectivity index (χ0) is 14.3. The number of nitrogens with zero attached hydrogens (tertiary/aromatic N) is 1. The summed E-state index contributed by atoms with van der Waals surface area (Å²) in [5.41, 5.74) is 0. The van der Waals surface area contributed by atoms with Crippen molar-refractivity contribution in [3.05, 3.63) is 12.2 Å². The molecule has 3 aliphatic heterocycles. The fourth-order valence-corrected chi connectivity index (χ4v) is 3.37. The van der Waals surface area contributed by atoms with E-state index in [0.717, 1.165) is 25.9 Å². The predicted molar refractivity (Wildman–Crippen MR) is 71.1 cm³/mol. The Morgan fingerprint density at radius 3 is 2.40 bits per heavy atom. The van der Waals surface area contributed by atoms with Crippen LogP contribution in [0.15, 0.2) is 12.2 Å². The van der Waals surface area contributed by atoms with E-state index in [0.29, 0.717) is 0 Å². The standard InChI is InChI=1S/C14H20N2O4/c1-16-6-4-8(5-7-16)15-13(17)11-9-2-3-10(20-9)12(11)14(18)19/h2-3,8-12H,4-7H2,1H3,(H,15,17)(H,18,19). The lowest BCUT2D eigenvalue weighted by Crippen LogP contribution is -2.49. The minimum absolute atomic E-state index is 0.149. The second kappa shape index (κ2) is 5.18. The molecule has 0 spiro atoms. The van der Waals surface area contributed by atoms with Gasteiger partial charge in [0.2, 0.25) is 5.91 Å². The minimum atomic E-state index is -0.953. The van der Waals surface area contributed by atoms with Crippen LogP contribution in [0.2, 0.25) is 0 Å². The van der Waals surface area contributed by atoms with Crippen LogP contribution in [0, 0.1) is 11.8 Å². The number of carboxylic acid groups (broad SMARTS) is 1. The SMILES string of the molecule is CN1CCC(NC(=O)C2C3C=CC(O3)C2C(=O)O)CC1. The van der Waals surface area contributed by atoms with Crippen LogP contribution in [0.4, 0.5) is 0 Å². The maximum Gasteiger partial charge on any atom is 0.310 e. The van der Waals surface area contributed by atoms with E-state index in [1.165, 1.54) is 0 Å². The van der Waals surface area contributed by atoms with E-state index >= 15 is 0 Å². The highest BCUT2D eigenvalue weighted by atomic mass is 16.5. The molecule has 0 aliphatic carbocycles. The average Bonchev–Trinajstić information content (AvgIpc) is 3.01. The van der Waals surface area contributed by atoms with E-state index in [1.54, 1.807) is 6.08 Å². The number of carboxylic acids is 1. The van der Waals surface area contributed by atoms with E-state index in [-0.39, 0.29) is 18.1 Å². The summed E-state index contributed by atoms with van der Waals surface area (Å²) in [5, 5.41) is 12.3. The van der Waals surface area contributed by atoms with Crippen molar-refractivity contribution in [3.63, 3.8) is 0 Å².